The molecule has 0 bridgehead atoms. The zero-order valence-corrected chi connectivity index (χ0v) is 18.0. The predicted molar refractivity (Wildman–Crippen MR) is 121 cm³/mol. The number of fused-ring (bicyclic) bond motifs is 1. The summed E-state index contributed by atoms with van der Waals surface area (Å²) in [4.78, 5) is 36.7. The second-order valence-corrected chi connectivity index (χ2v) is 7.21. The highest BCUT2D eigenvalue weighted by Crippen LogP contribution is 2.44. The van der Waals surface area contributed by atoms with Crippen LogP contribution in [0.15, 0.2) is 82.0 Å². The Morgan fingerprint density at radius 3 is 2.09 bits per heavy atom. The van der Waals surface area contributed by atoms with Crippen LogP contribution in [0, 0.1) is 0 Å². The Kier molecular flexibility index (Phi) is 6.22. The Balaban J connectivity index is 1.94. The predicted octanol–water partition coefficient (Wildman–Crippen LogP) is 4.89. The fraction of sp³-hybridized carbons (Fsp3) is 0.115. The summed E-state index contributed by atoms with van der Waals surface area (Å²) < 4.78 is 22.5. The minimum atomic E-state index is -0.669. The summed E-state index contributed by atoms with van der Waals surface area (Å²) in [6.07, 6.45) is 0. The maximum Gasteiger partial charge on any atom is 0.308 e. The lowest BCUT2D eigenvalue weighted by atomic mass is 10.1. The Morgan fingerprint density at radius 1 is 0.818 bits per heavy atom. The topological polar surface area (TPSA) is 92.0 Å². The van der Waals surface area contributed by atoms with E-state index in [0.717, 1.165) is 5.56 Å². The van der Waals surface area contributed by atoms with Crippen LogP contribution >= 0.6 is 0 Å². The smallest absolute Gasteiger partial charge is 0.308 e. The summed E-state index contributed by atoms with van der Waals surface area (Å²) in [5.41, 5.74) is 1.24. The largest absolute Gasteiger partial charge is 0.484 e. The van der Waals surface area contributed by atoms with E-state index in [-0.39, 0.29) is 34.8 Å². The van der Waals surface area contributed by atoms with Gasteiger partial charge in [0.2, 0.25) is 5.75 Å². The van der Waals surface area contributed by atoms with Crippen LogP contribution in [-0.2, 0) is 16.2 Å². The van der Waals surface area contributed by atoms with Gasteiger partial charge in [0.15, 0.2) is 16.9 Å². The van der Waals surface area contributed by atoms with E-state index in [1.807, 2.05) is 48.5 Å². The molecular formula is C26H20O7. The van der Waals surface area contributed by atoms with Crippen LogP contribution in [-0.4, -0.2) is 11.9 Å². The first-order valence-corrected chi connectivity index (χ1v) is 10.2. The Labute approximate surface area is 189 Å². The third-order valence-corrected chi connectivity index (χ3v) is 4.68. The van der Waals surface area contributed by atoms with Crippen LogP contribution in [0.1, 0.15) is 19.4 Å². The minimum absolute atomic E-state index is 0.0452. The molecule has 0 fully saturated rings. The lowest BCUT2D eigenvalue weighted by molar-refractivity contribution is -0.134. The zero-order valence-electron chi connectivity index (χ0n) is 18.0. The molecule has 166 valence electrons. The highest BCUT2D eigenvalue weighted by Gasteiger charge is 2.24. The molecule has 7 nitrogen and oxygen atoms in total. The molecule has 0 aliphatic heterocycles. The van der Waals surface area contributed by atoms with Gasteiger partial charge in [-0.1, -0.05) is 60.7 Å². The van der Waals surface area contributed by atoms with Gasteiger partial charge in [-0.05, 0) is 5.56 Å². The number of esters is 2. The van der Waals surface area contributed by atoms with Crippen molar-refractivity contribution in [3.05, 3.63) is 88.6 Å². The van der Waals surface area contributed by atoms with E-state index < -0.39 is 17.4 Å². The Hall–Kier alpha value is -4.39. The third-order valence-electron chi connectivity index (χ3n) is 4.68. The molecule has 1 heterocycles. The lowest BCUT2D eigenvalue weighted by Gasteiger charge is -2.17. The molecule has 0 spiro atoms. The molecule has 0 amide bonds. The number of benzene rings is 3. The average Bonchev–Trinajstić information content (AvgIpc) is 2.79. The van der Waals surface area contributed by atoms with Crippen LogP contribution in [0.2, 0.25) is 0 Å². The van der Waals surface area contributed by atoms with Gasteiger partial charge in [-0.3, -0.25) is 14.4 Å². The second kappa shape index (κ2) is 9.40. The highest BCUT2D eigenvalue weighted by molar-refractivity contribution is 5.92. The fourth-order valence-corrected chi connectivity index (χ4v) is 3.33. The van der Waals surface area contributed by atoms with Crippen molar-refractivity contribution in [2.24, 2.45) is 0 Å². The van der Waals surface area contributed by atoms with Gasteiger partial charge < -0.3 is 18.6 Å². The number of carbonyl (C=O) groups excluding carboxylic acids is 2. The Morgan fingerprint density at radius 2 is 1.45 bits per heavy atom. The molecule has 3 aromatic carbocycles. The minimum Gasteiger partial charge on any atom is -0.484 e. The average molecular weight is 444 g/mol. The summed E-state index contributed by atoms with van der Waals surface area (Å²) in [5.74, 6) is -1.29. The lowest BCUT2D eigenvalue weighted by Crippen LogP contribution is -2.12. The van der Waals surface area contributed by atoms with Crippen molar-refractivity contribution in [1.29, 1.82) is 0 Å². The van der Waals surface area contributed by atoms with Gasteiger partial charge in [0, 0.05) is 31.5 Å². The van der Waals surface area contributed by atoms with Crippen LogP contribution in [0.5, 0.6) is 17.2 Å². The van der Waals surface area contributed by atoms with Crippen LogP contribution in [0.3, 0.4) is 0 Å². The van der Waals surface area contributed by atoms with E-state index in [1.165, 1.54) is 26.0 Å². The molecular weight excluding hydrogens is 424 g/mol. The maximum atomic E-state index is 13.2. The van der Waals surface area contributed by atoms with E-state index in [4.69, 9.17) is 18.6 Å². The number of ether oxygens (including phenoxy) is 3. The van der Waals surface area contributed by atoms with Crippen LogP contribution in [0.25, 0.3) is 22.3 Å². The van der Waals surface area contributed by atoms with Crippen molar-refractivity contribution in [2.45, 2.75) is 20.5 Å². The van der Waals surface area contributed by atoms with Gasteiger partial charge in [-0.2, -0.15) is 0 Å². The molecule has 0 aliphatic carbocycles. The SMILES string of the molecule is CC(=O)Oc1cc2oc(-c3ccccc3)cc(=O)c2c(OCc2ccccc2)c1OC(C)=O. The molecule has 0 aliphatic rings. The molecule has 33 heavy (non-hydrogen) atoms. The molecule has 0 radical (unpaired) electrons. The number of rotatable bonds is 6. The number of carbonyl (C=O) groups is 2. The summed E-state index contributed by atoms with van der Waals surface area (Å²) in [7, 11) is 0. The first-order valence-electron chi connectivity index (χ1n) is 10.2. The summed E-state index contributed by atoms with van der Waals surface area (Å²) in [6.45, 7) is 2.49. The normalized spacial score (nSPS) is 10.6. The standard InChI is InChI=1S/C26H20O7/c1-16(27)31-23-14-22-24(20(29)13-21(33-22)19-11-7-4-8-12-19)26(25(23)32-17(2)28)30-15-18-9-5-3-6-10-18/h3-14H,15H2,1-2H3. The molecule has 0 saturated heterocycles. The quantitative estimate of drug-likeness (QED) is 0.309. The van der Waals surface area contributed by atoms with Crippen LogP contribution < -0.4 is 19.6 Å². The van der Waals surface area contributed by atoms with Gasteiger partial charge in [-0.25, -0.2) is 0 Å². The Bertz CT molecular complexity index is 1370. The molecule has 7 heteroatoms. The number of hydrogen-bond donors (Lipinski definition) is 0. The molecule has 0 atom stereocenters. The molecule has 1 aromatic heterocycles. The van der Waals surface area contributed by atoms with Crippen molar-refractivity contribution < 1.29 is 28.2 Å². The van der Waals surface area contributed by atoms with Crippen molar-refractivity contribution in [2.75, 3.05) is 0 Å². The highest BCUT2D eigenvalue weighted by atomic mass is 16.6. The molecule has 4 aromatic rings. The van der Waals surface area contributed by atoms with Crippen molar-refractivity contribution in [1.82, 2.24) is 0 Å². The van der Waals surface area contributed by atoms with Gasteiger partial charge in [0.1, 0.15) is 23.3 Å². The maximum absolute atomic E-state index is 13.2. The monoisotopic (exact) mass is 444 g/mol. The summed E-state index contributed by atoms with van der Waals surface area (Å²) in [5, 5.41) is 0.0674. The third kappa shape index (κ3) is 4.93. The molecule has 4 rings (SSSR count). The van der Waals surface area contributed by atoms with Gasteiger partial charge in [-0.15, -0.1) is 0 Å². The first-order chi connectivity index (χ1) is 15.9. The second-order valence-electron chi connectivity index (χ2n) is 7.21. The first kappa shape index (κ1) is 21.8. The van der Waals surface area contributed by atoms with E-state index in [1.54, 1.807) is 12.1 Å². The van der Waals surface area contributed by atoms with Crippen LogP contribution in [0.4, 0.5) is 0 Å². The molecule has 0 saturated carbocycles. The van der Waals surface area contributed by atoms with E-state index >= 15 is 0 Å². The summed E-state index contributed by atoms with van der Waals surface area (Å²) >= 11 is 0. The van der Waals surface area contributed by atoms with Crippen molar-refractivity contribution in [3.63, 3.8) is 0 Å². The van der Waals surface area contributed by atoms with Gasteiger partial charge in [0.25, 0.3) is 0 Å². The fourth-order valence-electron chi connectivity index (χ4n) is 3.33. The molecule has 0 unspecified atom stereocenters. The van der Waals surface area contributed by atoms with Crippen molar-refractivity contribution in [3.8, 4) is 28.6 Å². The zero-order chi connectivity index (χ0) is 23.4. The van der Waals surface area contributed by atoms with Gasteiger partial charge in [0.05, 0.1) is 0 Å². The van der Waals surface area contributed by atoms with E-state index in [2.05, 4.69) is 0 Å². The summed E-state index contributed by atoms with van der Waals surface area (Å²) in [6, 6.07) is 21.0. The van der Waals surface area contributed by atoms with E-state index in [9.17, 15) is 14.4 Å². The number of hydrogen-bond acceptors (Lipinski definition) is 7. The van der Waals surface area contributed by atoms with Gasteiger partial charge >= 0.3 is 11.9 Å². The van der Waals surface area contributed by atoms with E-state index in [0.29, 0.717) is 11.3 Å². The van der Waals surface area contributed by atoms with Crippen molar-refractivity contribution >= 4 is 22.9 Å². The molecule has 0 N–H and O–H groups in total.